The molecule has 5 heteroatoms. The molecule has 94 valence electrons. The maximum Gasteiger partial charge on any atom is 0.155 e. The van der Waals surface area contributed by atoms with Crippen LogP contribution >= 0.6 is 11.6 Å². The third kappa shape index (κ3) is 4.66. The molecular formula is C12H16ClNO2S. The SMILES string of the molecule is O=S(=O)(CCNC1CC1)Cc1ccc(Cl)cc1. The van der Waals surface area contributed by atoms with E-state index in [2.05, 4.69) is 5.32 Å². The standard InChI is InChI=1S/C12H16ClNO2S/c13-11-3-1-10(2-4-11)9-17(15,16)8-7-14-12-5-6-12/h1-4,12,14H,5-9H2. The number of benzene rings is 1. The molecule has 2 rings (SSSR count). The Bertz CT molecular complexity index is 466. The Morgan fingerprint density at radius 3 is 2.47 bits per heavy atom. The Hall–Kier alpha value is -0.580. The molecule has 0 saturated heterocycles. The summed E-state index contributed by atoms with van der Waals surface area (Å²) in [6.07, 6.45) is 2.36. The van der Waals surface area contributed by atoms with Gasteiger partial charge in [-0.05, 0) is 30.5 Å². The largest absolute Gasteiger partial charge is 0.313 e. The molecule has 0 unspecified atom stereocenters. The van der Waals surface area contributed by atoms with Gasteiger partial charge in [-0.15, -0.1) is 0 Å². The Morgan fingerprint density at radius 2 is 1.88 bits per heavy atom. The van der Waals surface area contributed by atoms with Gasteiger partial charge in [0.25, 0.3) is 0 Å². The highest BCUT2D eigenvalue weighted by Crippen LogP contribution is 2.18. The molecule has 1 aliphatic rings. The Labute approximate surface area is 107 Å². The van der Waals surface area contributed by atoms with Crippen LogP contribution in [0.5, 0.6) is 0 Å². The molecular weight excluding hydrogens is 258 g/mol. The van der Waals surface area contributed by atoms with Crippen LogP contribution in [0.3, 0.4) is 0 Å². The van der Waals surface area contributed by atoms with Crippen molar-refractivity contribution in [2.24, 2.45) is 0 Å². The van der Waals surface area contributed by atoms with E-state index in [-0.39, 0.29) is 11.5 Å². The predicted octanol–water partition coefficient (Wildman–Crippen LogP) is 2.01. The summed E-state index contributed by atoms with van der Waals surface area (Å²) in [5, 5.41) is 3.83. The number of hydrogen-bond donors (Lipinski definition) is 1. The van der Waals surface area contributed by atoms with E-state index in [1.54, 1.807) is 24.3 Å². The lowest BCUT2D eigenvalue weighted by Gasteiger charge is -2.05. The molecule has 3 nitrogen and oxygen atoms in total. The van der Waals surface area contributed by atoms with Gasteiger partial charge in [0.15, 0.2) is 9.84 Å². The van der Waals surface area contributed by atoms with Gasteiger partial charge in [-0.25, -0.2) is 8.42 Å². The second-order valence-corrected chi connectivity index (χ2v) is 7.07. The van der Waals surface area contributed by atoms with Crippen LogP contribution in [0.25, 0.3) is 0 Å². The number of hydrogen-bond acceptors (Lipinski definition) is 3. The van der Waals surface area contributed by atoms with Crippen LogP contribution < -0.4 is 5.32 Å². The van der Waals surface area contributed by atoms with Gasteiger partial charge in [0.2, 0.25) is 0 Å². The van der Waals surface area contributed by atoms with E-state index in [9.17, 15) is 8.42 Å². The van der Waals surface area contributed by atoms with Gasteiger partial charge >= 0.3 is 0 Å². The summed E-state index contributed by atoms with van der Waals surface area (Å²) in [6.45, 7) is 0.556. The smallest absolute Gasteiger partial charge is 0.155 e. The topological polar surface area (TPSA) is 46.2 Å². The lowest BCUT2D eigenvalue weighted by molar-refractivity contribution is 0.590. The molecule has 0 atom stereocenters. The Kier molecular flexibility index (Phi) is 4.07. The highest BCUT2D eigenvalue weighted by atomic mass is 35.5. The predicted molar refractivity (Wildman–Crippen MR) is 70.0 cm³/mol. The molecule has 0 aliphatic heterocycles. The molecule has 0 radical (unpaired) electrons. The maximum absolute atomic E-state index is 11.8. The average molecular weight is 274 g/mol. The monoisotopic (exact) mass is 273 g/mol. The van der Waals surface area contributed by atoms with Crippen LogP contribution in [0.15, 0.2) is 24.3 Å². The quantitative estimate of drug-likeness (QED) is 0.862. The molecule has 0 heterocycles. The zero-order valence-electron chi connectivity index (χ0n) is 9.52. The Balaban J connectivity index is 1.84. The summed E-state index contributed by atoms with van der Waals surface area (Å²) in [5.74, 6) is 0.294. The van der Waals surface area contributed by atoms with Crippen molar-refractivity contribution >= 4 is 21.4 Å². The molecule has 1 fully saturated rings. The van der Waals surface area contributed by atoms with Crippen LogP contribution in [0, 0.1) is 0 Å². The van der Waals surface area contributed by atoms with Gasteiger partial charge in [0.1, 0.15) is 0 Å². The fourth-order valence-electron chi connectivity index (χ4n) is 1.61. The summed E-state index contributed by atoms with van der Waals surface area (Å²) in [5.41, 5.74) is 0.792. The normalized spacial score (nSPS) is 16.1. The fraction of sp³-hybridized carbons (Fsp3) is 0.500. The van der Waals surface area contributed by atoms with Crippen molar-refractivity contribution in [3.05, 3.63) is 34.9 Å². The third-order valence-corrected chi connectivity index (χ3v) is 4.57. The van der Waals surface area contributed by atoms with Gasteiger partial charge < -0.3 is 5.32 Å². The van der Waals surface area contributed by atoms with Crippen molar-refractivity contribution in [1.29, 1.82) is 0 Å². The molecule has 1 saturated carbocycles. The highest BCUT2D eigenvalue weighted by Gasteiger charge is 2.21. The van der Waals surface area contributed by atoms with Gasteiger partial charge in [0, 0.05) is 17.6 Å². The minimum Gasteiger partial charge on any atom is -0.313 e. The van der Waals surface area contributed by atoms with Gasteiger partial charge in [-0.2, -0.15) is 0 Å². The molecule has 0 spiro atoms. The molecule has 0 aromatic heterocycles. The second kappa shape index (κ2) is 5.38. The highest BCUT2D eigenvalue weighted by molar-refractivity contribution is 7.90. The van der Waals surface area contributed by atoms with Gasteiger partial charge in [0.05, 0.1) is 11.5 Å². The van der Waals surface area contributed by atoms with Crippen molar-refractivity contribution < 1.29 is 8.42 Å². The first-order chi connectivity index (χ1) is 8.05. The summed E-state index contributed by atoms with van der Waals surface area (Å²) in [6, 6.07) is 7.51. The summed E-state index contributed by atoms with van der Waals surface area (Å²) in [7, 11) is -3.02. The van der Waals surface area contributed by atoms with Crippen LogP contribution in [-0.4, -0.2) is 26.8 Å². The molecule has 1 aromatic carbocycles. The maximum atomic E-state index is 11.8. The first-order valence-corrected chi connectivity index (χ1v) is 7.93. The first kappa shape index (κ1) is 12.9. The van der Waals surface area contributed by atoms with Crippen LogP contribution in [0.1, 0.15) is 18.4 Å². The van der Waals surface area contributed by atoms with E-state index in [0.717, 1.165) is 5.56 Å². The average Bonchev–Trinajstić information content (AvgIpc) is 3.05. The zero-order valence-corrected chi connectivity index (χ0v) is 11.1. The fourth-order valence-corrected chi connectivity index (χ4v) is 3.01. The van der Waals surface area contributed by atoms with Gasteiger partial charge in [-0.3, -0.25) is 0 Å². The summed E-state index contributed by atoms with van der Waals surface area (Å²) >= 11 is 5.75. The molecule has 1 aliphatic carbocycles. The van der Waals surface area contributed by atoms with Gasteiger partial charge in [-0.1, -0.05) is 23.7 Å². The van der Waals surface area contributed by atoms with E-state index in [1.165, 1.54) is 12.8 Å². The third-order valence-electron chi connectivity index (χ3n) is 2.72. The lowest BCUT2D eigenvalue weighted by Crippen LogP contribution is -2.25. The minimum atomic E-state index is -3.02. The van der Waals surface area contributed by atoms with Crippen molar-refractivity contribution in [3.8, 4) is 0 Å². The number of nitrogens with one attached hydrogen (secondary N) is 1. The molecule has 0 bridgehead atoms. The van der Waals surface area contributed by atoms with Crippen LogP contribution in [0.4, 0.5) is 0 Å². The minimum absolute atomic E-state index is 0.0938. The molecule has 17 heavy (non-hydrogen) atoms. The van der Waals surface area contributed by atoms with E-state index < -0.39 is 9.84 Å². The number of halogens is 1. The summed E-state index contributed by atoms with van der Waals surface area (Å²) < 4.78 is 23.6. The van der Waals surface area contributed by atoms with E-state index in [1.807, 2.05) is 0 Å². The number of rotatable bonds is 6. The van der Waals surface area contributed by atoms with E-state index in [4.69, 9.17) is 11.6 Å². The first-order valence-electron chi connectivity index (χ1n) is 5.73. The Morgan fingerprint density at radius 1 is 1.24 bits per heavy atom. The van der Waals surface area contributed by atoms with Crippen LogP contribution in [-0.2, 0) is 15.6 Å². The van der Waals surface area contributed by atoms with E-state index in [0.29, 0.717) is 17.6 Å². The van der Waals surface area contributed by atoms with Crippen molar-refractivity contribution in [2.75, 3.05) is 12.3 Å². The second-order valence-electron chi connectivity index (χ2n) is 4.45. The van der Waals surface area contributed by atoms with Crippen LogP contribution in [0.2, 0.25) is 5.02 Å². The molecule has 1 N–H and O–H groups in total. The molecule has 0 amide bonds. The molecule has 1 aromatic rings. The van der Waals surface area contributed by atoms with Crippen molar-refractivity contribution in [1.82, 2.24) is 5.32 Å². The van der Waals surface area contributed by atoms with Crippen molar-refractivity contribution in [2.45, 2.75) is 24.6 Å². The summed E-state index contributed by atoms with van der Waals surface area (Å²) in [4.78, 5) is 0. The van der Waals surface area contributed by atoms with E-state index >= 15 is 0 Å². The zero-order chi connectivity index (χ0) is 12.3. The van der Waals surface area contributed by atoms with Crippen molar-refractivity contribution in [3.63, 3.8) is 0 Å². The lowest BCUT2D eigenvalue weighted by atomic mass is 10.2. The number of sulfone groups is 1.